The first-order chi connectivity index (χ1) is 10.9. The lowest BCUT2D eigenvalue weighted by Gasteiger charge is -2.49. The lowest BCUT2D eigenvalue weighted by Crippen LogP contribution is -2.45. The molecule has 0 amide bonds. The fraction of sp³-hybridized carbons (Fsp3) is 0.600. The zero-order valence-corrected chi connectivity index (χ0v) is 14.4. The van der Waals surface area contributed by atoms with Crippen molar-refractivity contribution in [2.24, 2.45) is 5.90 Å². The minimum absolute atomic E-state index is 0.0491. The average molecular weight is 345 g/mol. The van der Waals surface area contributed by atoms with E-state index in [1.165, 1.54) is 0 Å². The van der Waals surface area contributed by atoms with Gasteiger partial charge in [0.15, 0.2) is 0 Å². The zero-order valence-electron chi connectivity index (χ0n) is 13.5. The summed E-state index contributed by atoms with van der Waals surface area (Å²) in [5.74, 6) is 5.06. The molecule has 7 nitrogen and oxygen atoms in total. The van der Waals surface area contributed by atoms with Crippen LogP contribution in [0.4, 0.5) is 0 Å². The minimum atomic E-state index is -4.95. The van der Waals surface area contributed by atoms with Gasteiger partial charge in [0.05, 0.1) is 25.2 Å². The average Bonchev–Trinajstić information content (AvgIpc) is 2.52. The van der Waals surface area contributed by atoms with Crippen LogP contribution in [0.3, 0.4) is 0 Å². The first-order valence-corrected chi connectivity index (χ1v) is 9.06. The van der Waals surface area contributed by atoms with Crippen molar-refractivity contribution in [3.8, 4) is 0 Å². The van der Waals surface area contributed by atoms with Gasteiger partial charge in [0.1, 0.15) is 6.10 Å². The van der Waals surface area contributed by atoms with E-state index in [1.807, 2.05) is 30.3 Å². The molecule has 0 aliphatic heterocycles. The highest BCUT2D eigenvalue weighted by Gasteiger charge is 2.34. The van der Waals surface area contributed by atoms with Crippen LogP contribution in [0, 0.1) is 0 Å². The Morgan fingerprint density at radius 3 is 2.26 bits per heavy atom. The second kappa shape index (κ2) is 9.49. The SMILES string of the molecule is CCC(CC)(OC(CON)COCc1ccccc1)P(=O)([O-])[O-]. The van der Waals surface area contributed by atoms with Gasteiger partial charge in [0.25, 0.3) is 0 Å². The van der Waals surface area contributed by atoms with Crippen LogP contribution >= 0.6 is 7.60 Å². The van der Waals surface area contributed by atoms with Crippen LogP contribution < -0.4 is 15.7 Å². The fourth-order valence-electron chi connectivity index (χ4n) is 2.28. The van der Waals surface area contributed by atoms with Crippen LogP contribution in [0.25, 0.3) is 0 Å². The first-order valence-electron chi connectivity index (χ1n) is 7.51. The number of hydrogen-bond donors (Lipinski definition) is 1. The molecule has 1 rings (SSSR count). The van der Waals surface area contributed by atoms with E-state index in [-0.39, 0.29) is 26.1 Å². The third-order valence-electron chi connectivity index (χ3n) is 3.69. The van der Waals surface area contributed by atoms with E-state index in [1.54, 1.807) is 13.8 Å². The van der Waals surface area contributed by atoms with E-state index in [0.717, 1.165) is 5.56 Å². The van der Waals surface area contributed by atoms with Crippen LogP contribution in [-0.4, -0.2) is 24.7 Å². The highest BCUT2D eigenvalue weighted by Crippen LogP contribution is 2.49. The Morgan fingerprint density at radius 2 is 1.78 bits per heavy atom. The maximum absolute atomic E-state index is 11.6. The largest absolute Gasteiger partial charge is 0.809 e. The van der Waals surface area contributed by atoms with Crippen LogP contribution in [0.5, 0.6) is 0 Å². The van der Waals surface area contributed by atoms with Gasteiger partial charge in [-0.15, -0.1) is 0 Å². The molecule has 0 saturated heterocycles. The van der Waals surface area contributed by atoms with Gasteiger partial charge >= 0.3 is 0 Å². The molecule has 1 atom stereocenters. The molecule has 23 heavy (non-hydrogen) atoms. The molecule has 132 valence electrons. The normalized spacial score (nSPS) is 14.0. The van der Waals surface area contributed by atoms with Gasteiger partial charge in [-0.3, -0.25) is 0 Å². The molecule has 0 aromatic heterocycles. The summed E-state index contributed by atoms with van der Waals surface area (Å²) < 4.78 is 22.7. The molecule has 0 saturated carbocycles. The molecule has 2 N–H and O–H groups in total. The van der Waals surface area contributed by atoms with E-state index in [0.29, 0.717) is 6.61 Å². The topological polar surface area (TPSA) is 117 Å². The van der Waals surface area contributed by atoms with Crippen LogP contribution in [0.15, 0.2) is 30.3 Å². The van der Waals surface area contributed by atoms with Crippen molar-refractivity contribution in [2.45, 2.75) is 44.7 Å². The molecule has 1 unspecified atom stereocenters. The van der Waals surface area contributed by atoms with Gasteiger partial charge in [0, 0.05) is 0 Å². The van der Waals surface area contributed by atoms with E-state index < -0.39 is 19.0 Å². The molecular weight excluding hydrogens is 321 g/mol. The van der Waals surface area contributed by atoms with Crippen molar-refractivity contribution in [3.63, 3.8) is 0 Å². The van der Waals surface area contributed by atoms with Gasteiger partial charge in [-0.1, -0.05) is 44.2 Å². The molecule has 0 bridgehead atoms. The summed E-state index contributed by atoms with van der Waals surface area (Å²) in [6, 6.07) is 9.48. The molecule has 0 heterocycles. The van der Waals surface area contributed by atoms with Gasteiger partial charge < -0.3 is 28.7 Å². The minimum Gasteiger partial charge on any atom is -0.809 e. The Morgan fingerprint density at radius 1 is 1.17 bits per heavy atom. The van der Waals surface area contributed by atoms with Crippen molar-refractivity contribution >= 4 is 7.60 Å². The molecule has 0 aliphatic carbocycles. The van der Waals surface area contributed by atoms with Crippen molar-refractivity contribution in [1.29, 1.82) is 0 Å². The van der Waals surface area contributed by atoms with Gasteiger partial charge in [-0.2, -0.15) is 0 Å². The van der Waals surface area contributed by atoms with Crippen LogP contribution in [0.1, 0.15) is 32.3 Å². The third-order valence-corrected chi connectivity index (χ3v) is 5.42. The standard InChI is InChI=1S/C15H26NO6P/c1-3-15(4-2,23(17,18)19)22-14(12-21-16)11-20-10-13-8-6-5-7-9-13/h5-9,14H,3-4,10-12,16H2,1-2H3,(H2,17,18,19)/p-2. The summed E-state index contributed by atoms with van der Waals surface area (Å²) >= 11 is 0. The molecule has 8 heteroatoms. The number of rotatable bonds is 11. The van der Waals surface area contributed by atoms with Crippen molar-refractivity contribution in [2.75, 3.05) is 13.2 Å². The molecule has 1 aromatic rings. The second-order valence-corrected chi connectivity index (χ2v) is 7.03. The Bertz CT molecular complexity index is 488. The highest BCUT2D eigenvalue weighted by molar-refractivity contribution is 7.50. The molecule has 0 aliphatic rings. The van der Waals surface area contributed by atoms with Gasteiger partial charge in [0.2, 0.25) is 0 Å². The summed E-state index contributed by atoms with van der Waals surface area (Å²) in [5, 5.41) is -1.77. The Kier molecular flexibility index (Phi) is 8.36. The summed E-state index contributed by atoms with van der Waals surface area (Å²) in [6.07, 6.45) is -0.652. The smallest absolute Gasteiger partial charge is 0.107 e. The molecular formula is C15H24NO6P-2. The van der Waals surface area contributed by atoms with Crippen LogP contribution in [-0.2, 0) is 25.5 Å². The number of nitrogens with two attached hydrogens (primary N) is 1. The lowest BCUT2D eigenvalue weighted by atomic mass is 10.2. The number of benzene rings is 1. The predicted molar refractivity (Wildman–Crippen MR) is 82.0 cm³/mol. The number of hydrogen-bond acceptors (Lipinski definition) is 7. The second-order valence-electron chi connectivity index (χ2n) is 5.22. The third kappa shape index (κ3) is 5.97. The zero-order chi connectivity index (χ0) is 17.3. The fourth-order valence-corrected chi connectivity index (χ4v) is 3.34. The maximum Gasteiger partial charge on any atom is 0.107 e. The Balaban J connectivity index is 2.67. The van der Waals surface area contributed by atoms with E-state index in [2.05, 4.69) is 4.84 Å². The monoisotopic (exact) mass is 345 g/mol. The van der Waals surface area contributed by atoms with Crippen molar-refractivity contribution < 1.29 is 28.7 Å². The summed E-state index contributed by atoms with van der Waals surface area (Å²) in [6.45, 7) is 3.52. The van der Waals surface area contributed by atoms with Crippen molar-refractivity contribution in [1.82, 2.24) is 0 Å². The first kappa shape index (κ1) is 20.3. The van der Waals surface area contributed by atoms with E-state index in [4.69, 9.17) is 15.4 Å². The lowest BCUT2D eigenvalue weighted by molar-refractivity contribution is -0.335. The molecule has 1 aromatic carbocycles. The molecule has 0 radical (unpaired) electrons. The maximum atomic E-state index is 11.6. The van der Waals surface area contributed by atoms with Crippen molar-refractivity contribution in [3.05, 3.63) is 35.9 Å². The summed E-state index contributed by atoms with van der Waals surface area (Å²) in [5.41, 5.74) is 0.968. The molecule has 0 fully saturated rings. The highest BCUT2D eigenvalue weighted by atomic mass is 31.2. The summed E-state index contributed by atoms with van der Waals surface area (Å²) in [7, 11) is -4.95. The predicted octanol–water partition coefficient (Wildman–Crippen LogP) is 0.909. The quantitative estimate of drug-likeness (QED) is 0.468. The van der Waals surface area contributed by atoms with E-state index in [9.17, 15) is 14.4 Å². The van der Waals surface area contributed by atoms with Gasteiger partial charge in [-0.25, -0.2) is 5.90 Å². The Labute approximate surface area is 136 Å². The molecule has 0 spiro atoms. The summed E-state index contributed by atoms with van der Waals surface area (Å²) in [4.78, 5) is 27.7. The van der Waals surface area contributed by atoms with Gasteiger partial charge in [-0.05, 0) is 26.0 Å². The van der Waals surface area contributed by atoms with Crippen LogP contribution in [0.2, 0.25) is 0 Å². The Hall–Kier alpha value is -0.790. The van der Waals surface area contributed by atoms with E-state index >= 15 is 0 Å². The number of ether oxygens (including phenoxy) is 2.